The number of carbonyl (C=O) groups is 1. The van der Waals surface area contributed by atoms with Gasteiger partial charge in [-0.15, -0.1) is 0 Å². The van der Waals surface area contributed by atoms with Gasteiger partial charge in [-0.2, -0.15) is 0 Å². The van der Waals surface area contributed by atoms with Gasteiger partial charge < -0.3 is 4.74 Å². The fourth-order valence-corrected chi connectivity index (χ4v) is 3.15. The molecule has 22 heavy (non-hydrogen) atoms. The quantitative estimate of drug-likeness (QED) is 0.803. The van der Waals surface area contributed by atoms with Gasteiger partial charge in [0, 0.05) is 12.1 Å². The fraction of sp³-hybridized carbons (Fsp3) is 0.133. The van der Waals surface area contributed by atoms with E-state index in [0.717, 1.165) is 4.31 Å². The van der Waals surface area contributed by atoms with Crippen LogP contribution < -0.4 is 4.31 Å². The van der Waals surface area contributed by atoms with Crippen LogP contribution in [0.3, 0.4) is 0 Å². The molecule has 0 N–H and O–H groups in total. The van der Waals surface area contributed by atoms with E-state index >= 15 is 0 Å². The highest BCUT2D eigenvalue weighted by Crippen LogP contribution is 2.23. The van der Waals surface area contributed by atoms with Crippen LogP contribution in [0, 0.1) is 0 Å². The van der Waals surface area contributed by atoms with Gasteiger partial charge in [0.2, 0.25) is 0 Å². The number of halogens is 1. The molecule has 2 aromatic carbocycles. The van der Waals surface area contributed by atoms with Crippen LogP contribution in [0.25, 0.3) is 0 Å². The molecule has 0 aliphatic rings. The van der Waals surface area contributed by atoms with Crippen molar-refractivity contribution in [1.82, 2.24) is 0 Å². The molecule has 0 saturated heterocycles. The predicted molar refractivity (Wildman–Crippen MR) is 84.8 cm³/mol. The van der Waals surface area contributed by atoms with Gasteiger partial charge in [-0.3, -0.25) is 4.31 Å². The maximum atomic E-state index is 12.5. The molecular formula is C15H14ClNO4S. The number of sulfonamides is 1. The third-order valence-electron chi connectivity index (χ3n) is 3.12. The zero-order valence-electron chi connectivity index (χ0n) is 12.0. The first-order valence-electron chi connectivity index (χ1n) is 6.29. The lowest BCUT2D eigenvalue weighted by Gasteiger charge is -2.19. The third kappa shape index (κ3) is 3.23. The van der Waals surface area contributed by atoms with Crippen molar-refractivity contribution in [2.75, 3.05) is 18.5 Å². The zero-order chi connectivity index (χ0) is 16.3. The number of esters is 1. The maximum absolute atomic E-state index is 12.5. The van der Waals surface area contributed by atoms with Crippen LogP contribution >= 0.6 is 11.6 Å². The largest absolute Gasteiger partial charge is 0.465 e. The number of hydrogen-bond acceptors (Lipinski definition) is 4. The van der Waals surface area contributed by atoms with Crippen molar-refractivity contribution in [1.29, 1.82) is 0 Å². The summed E-state index contributed by atoms with van der Waals surface area (Å²) < 4.78 is 30.8. The molecule has 0 atom stereocenters. The molecule has 116 valence electrons. The summed E-state index contributed by atoms with van der Waals surface area (Å²) >= 11 is 5.77. The first-order valence-corrected chi connectivity index (χ1v) is 8.11. The van der Waals surface area contributed by atoms with Crippen LogP contribution in [0.15, 0.2) is 53.4 Å². The highest BCUT2D eigenvalue weighted by molar-refractivity contribution is 7.92. The molecule has 7 heteroatoms. The molecule has 0 fully saturated rings. The van der Waals surface area contributed by atoms with Crippen LogP contribution in [-0.4, -0.2) is 28.5 Å². The summed E-state index contributed by atoms with van der Waals surface area (Å²) in [6.45, 7) is 0. The van der Waals surface area contributed by atoms with E-state index < -0.39 is 16.0 Å². The molecular weight excluding hydrogens is 326 g/mol. The average Bonchev–Trinajstić information content (AvgIpc) is 2.54. The standard InChI is InChI=1S/C15H14ClNO4S/c1-17(13-7-3-11(4-8-13)15(18)21-2)22(19,20)14-9-5-12(16)6-10-14/h3-10H,1-2H3. The number of ether oxygens (including phenoxy) is 1. The number of hydrogen-bond donors (Lipinski definition) is 0. The Kier molecular flexibility index (Phi) is 4.73. The first-order chi connectivity index (χ1) is 10.4. The summed E-state index contributed by atoms with van der Waals surface area (Å²) in [5, 5.41) is 0.462. The summed E-state index contributed by atoms with van der Waals surface area (Å²) in [6.07, 6.45) is 0. The lowest BCUT2D eigenvalue weighted by atomic mass is 10.2. The Balaban J connectivity index is 2.32. The lowest BCUT2D eigenvalue weighted by molar-refractivity contribution is 0.0601. The van der Waals surface area contributed by atoms with Gasteiger partial charge in [-0.25, -0.2) is 13.2 Å². The van der Waals surface area contributed by atoms with Crippen molar-refractivity contribution in [2.24, 2.45) is 0 Å². The second-order valence-corrected chi connectivity index (χ2v) is 6.87. The van der Waals surface area contributed by atoms with Crippen LogP contribution in [0.4, 0.5) is 5.69 Å². The van der Waals surface area contributed by atoms with Crippen LogP contribution in [0.1, 0.15) is 10.4 Å². The molecule has 0 aliphatic carbocycles. The topological polar surface area (TPSA) is 63.7 Å². The minimum absolute atomic E-state index is 0.136. The summed E-state index contributed by atoms with van der Waals surface area (Å²) in [6, 6.07) is 12.0. The monoisotopic (exact) mass is 339 g/mol. The summed E-state index contributed by atoms with van der Waals surface area (Å²) in [7, 11) is -0.962. The molecule has 0 spiro atoms. The Labute approximate surface area is 134 Å². The van der Waals surface area contributed by atoms with Gasteiger partial charge in [-0.05, 0) is 48.5 Å². The van der Waals surface area contributed by atoms with Crippen molar-refractivity contribution in [3.63, 3.8) is 0 Å². The van der Waals surface area contributed by atoms with E-state index in [1.807, 2.05) is 0 Å². The second kappa shape index (κ2) is 6.37. The van der Waals surface area contributed by atoms with Crippen molar-refractivity contribution in [3.8, 4) is 0 Å². The molecule has 0 aromatic heterocycles. The van der Waals surface area contributed by atoms with E-state index in [2.05, 4.69) is 4.74 Å². The van der Waals surface area contributed by atoms with Gasteiger partial charge >= 0.3 is 5.97 Å². The number of rotatable bonds is 4. The van der Waals surface area contributed by atoms with Crippen molar-refractivity contribution >= 4 is 33.3 Å². The molecule has 0 bridgehead atoms. The van der Waals surface area contributed by atoms with E-state index in [4.69, 9.17) is 11.6 Å². The van der Waals surface area contributed by atoms with Gasteiger partial charge in [0.1, 0.15) is 0 Å². The fourth-order valence-electron chi connectivity index (χ4n) is 1.83. The second-order valence-electron chi connectivity index (χ2n) is 4.46. The van der Waals surface area contributed by atoms with E-state index in [9.17, 15) is 13.2 Å². The number of benzene rings is 2. The molecule has 5 nitrogen and oxygen atoms in total. The minimum Gasteiger partial charge on any atom is -0.465 e. The third-order valence-corrected chi connectivity index (χ3v) is 5.18. The van der Waals surface area contributed by atoms with Crippen molar-refractivity contribution in [2.45, 2.75) is 4.90 Å². The van der Waals surface area contributed by atoms with E-state index in [0.29, 0.717) is 16.3 Å². The van der Waals surface area contributed by atoms with Gasteiger partial charge in [0.15, 0.2) is 0 Å². The first kappa shape index (κ1) is 16.3. The van der Waals surface area contributed by atoms with Gasteiger partial charge in [0.25, 0.3) is 10.0 Å². The SMILES string of the molecule is COC(=O)c1ccc(N(C)S(=O)(=O)c2ccc(Cl)cc2)cc1. The average molecular weight is 340 g/mol. The number of methoxy groups -OCH3 is 1. The molecule has 0 aliphatic heterocycles. The Morgan fingerprint density at radius 2 is 1.59 bits per heavy atom. The maximum Gasteiger partial charge on any atom is 0.337 e. The Morgan fingerprint density at radius 3 is 2.09 bits per heavy atom. The minimum atomic E-state index is -3.69. The number of carbonyl (C=O) groups excluding carboxylic acids is 1. The molecule has 0 unspecified atom stereocenters. The molecule has 2 rings (SSSR count). The highest BCUT2D eigenvalue weighted by Gasteiger charge is 2.21. The molecule has 0 saturated carbocycles. The molecule has 0 heterocycles. The van der Waals surface area contributed by atoms with Crippen LogP contribution in [-0.2, 0) is 14.8 Å². The Bertz CT molecular complexity index is 770. The van der Waals surface area contributed by atoms with E-state index in [1.165, 1.54) is 50.6 Å². The normalized spacial score (nSPS) is 11.0. The molecule has 0 amide bonds. The lowest BCUT2D eigenvalue weighted by Crippen LogP contribution is -2.26. The smallest absolute Gasteiger partial charge is 0.337 e. The molecule has 2 aromatic rings. The Hall–Kier alpha value is -2.05. The molecule has 0 radical (unpaired) electrons. The number of anilines is 1. The van der Waals surface area contributed by atoms with Gasteiger partial charge in [0.05, 0.1) is 23.3 Å². The van der Waals surface area contributed by atoms with Crippen LogP contribution in [0.5, 0.6) is 0 Å². The predicted octanol–water partition coefficient (Wildman–Crippen LogP) is 2.95. The highest BCUT2D eigenvalue weighted by atomic mass is 35.5. The van der Waals surface area contributed by atoms with E-state index in [1.54, 1.807) is 12.1 Å². The Morgan fingerprint density at radius 1 is 1.05 bits per heavy atom. The number of nitrogens with zero attached hydrogens (tertiary/aromatic N) is 1. The van der Waals surface area contributed by atoms with Gasteiger partial charge in [-0.1, -0.05) is 11.6 Å². The van der Waals surface area contributed by atoms with Crippen molar-refractivity contribution in [3.05, 3.63) is 59.1 Å². The van der Waals surface area contributed by atoms with E-state index in [-0.39, 0.29) is 4.90 Å². The summed E-state index contributed by atoms with van der Waals surface area (Å²) in [5.74, 6) is -0.477. The summed E-state index contributed by atoms with van der Waals surface area (Å²) in [4.78, 5) is 11.5. The zero-order valence-corrected chi connectivity index (χ0v) is 13.6. The van der Waals surface area contributed by atoms with Crippen molar-refractivity contribution < 1.29 is 17.9 Å². The van der Waals surface area contributed by atoms with Crippen LogP contribution in [0.2, 0.25) is 5.02 Å². The summed E-state index contributed by atoms with van der Waals surface area (Å²) in [5.41, 5.74) is 0.783.